The molecule has 1 aromatic carbocycles. The van der Waals surface area contributed by atoms with Crippen LogP contribution in [-0.2, 0) is 6.54 Å². The Morgan fingerprint density at radius 1 is 1.39 bits per heavy atom. The maximum atomic E-state index is 13.6. The predicted molar refractivity (Wildman–Crippen MR) is 62.7 cm³/mol. The SMILES string of the molecule is O=C(O)c1cccc(F)c1NCc1ccncn1. The van der Waals surface area contributed by atoms with E-state index in [4.69, 9.17) is 5.11 Å². The van der Waals surface area contributed by atoms with Gasteiger partial charge in [-0.05, 0) is 18.2 Å². The molecule has 0 aliphatic carbocycles. The first-order valence-electron chi connectivity index (χ1n) is 5.19. The van der Waals surface area contributed by atoms with Crippen molar-refractivity contribution in [3.05, 3.63) is 53.9 Å². The number of para-hydroxylation sites is 1. The summed E-state index contributed by atoms with van der Waals surface area (Å²) >= 11 is 0. The van der Waals surface area contributed by atoms with Gasteiger partial charge < -0.3 is 10.4 Å². The summed E-state index contributed by atoms with van der Waals surface area (Å²) in [4.78, 5) is 18.7. The Morgan fingerprint density at radius 2 is 2.22 bits per heavy atom. The average molecular weight is 247 g/mol. The van der Waals surface area contributed by atoms with Gasteiger partial charge in [-0.1, -0.05) is 6.07 Å². The van der Waals surface area contributed by atoms with E-state index in [0.29, 0.717) is 5.69 Å². The fraction of sp³-hybridized carbons (Fsp3) is 0.0833. The van der Waals surface area contributed by atoms with Crippen LogP contribution in [0.5, 0.6) is 0 Å². The molecule has 1 aromatic heterocycles. The minimum absolute atomic E-state index is 0.0383. The monoisotopic (exact) mass is 247 g/mol. The average Bonchev–Trinajstić information content (AvgIpc) is 2.38. The number of anilines is 1. The van der Waals surface area contributed by atoms with Gasteiger partial charge in [0.2, 0.25) is 0 Å². The molecular weight excluding hydrogens is 237 g/mol. The molecular formula is C12H10FN3O2. The third-order valence-electron chi connectivity index (χ3n) is 2.33. The maximum Gasteiger partial charge on any atom is 0.337 e. The molecule has 92 valence electrons. The van der Waals surface area contributed by atoms with Gasteiger partial charge in [-0.2, -0.15) is 0 Å². The van der Waals surface area contributed by atoms with Gasteiger partial charge in [0.1, 0.15) is 12.1 Å². The number of hydrogen-bond acceptors (Lipinski definition) is 4. The van der Waals surface area contributed by atoms with E-state index >= 15 is 0 Å². The molecule has 2 rings (SSSR count). The molecule has 0 aliphatic rings. The zero-order chi connectivity index (χ0) is 13.0. The Morgan fingerprint density at radius 3 is 2.89 bits per heavy atom. The van der Waals surface area contributed by atoms with E-state index in [1.54, 1.807) is 12.3 Å². The summed E-state index contributed by atoms with van der Waals surface area (Å²) in [6, 6.07) is 5.56. The molecule has 1 heterocycles. The zero-order valence-corrected chi connectivity index (χ0v) is 9.30. The Balaban J connectivity index is 2.21. The van der Waals surface area contributed by atoms with Gasteiger partial charge in [-0.25, -0.2) is 19.2 Å². The molecule has 0 saturated carbocycles. The second kappa shape index (κ2) is 5.22. The molecule has 2 N–H and O–H groups in total. The number of aromatic nitrogens is 2. The van der Waals surface area contributed by atoms with Crippen LogP contribution >= 0.6 is 0 Å². The van der Waals surface area contributed by atoms with Crippen LogP contribution in [0.1, 0.15) is 16.1 Å². The molecule has 0 bridgehead atoms. The van der Waals surface area contributed by atoms with Crippen molar-refractivity contribution in [3.63, 3.8) is 0 Å². The van der Waals surface area contributed by atoms with Crippen molar-refractivity contribution in [2.75, 3.05) is 5.32 Å². The topological polar surface area (TPSA) is 75.1 Å². The summed E-state index contributed by atoms with van der Waals surface area (Å²) in [6.07, 6.45) is 2.93. The number of halogens is 1. The lowest BCUT2D eigenvalue weighted by Crippen LogP contribution is -2.09. The summed E-state index contributed by atoms with van der Waals surface area (Å²) in [5, 5.41) is 11.7. The highest BCUT2D eigenvalue weighted by Crippen LogP contribution is 2.20. The van der Waals surface area contributed by atoms with Crippen molar-refractivity contribution >= 4 is 11.7 Å². The highest BCUT2D eigenvalue weighted by Gasteiger charge is 2.13. The number of carbonyl (C=O) groups is 1. The third kappa shape index (κ3) is 2.60. The third-order valence-corrected chi connectivity index (χ3v) is 2.33. The van der Waals surface area contributed by atoms with Gasteiger partial charge in [-0.3, -0.25) is 0 Å². The van der Waals surface area contributed by atoms with E-state index in [-0.39, 0.29) is 17.8 Å². The molecule has 0 amide bonds. The fourth-order valence-electron chi connectivity index (χ4n) is 1.48. The van der Waals surface area contributed by atoms with Crippen LogP contribution in [0.3, 0.4) is 0 Å². The zero-order valence-electron chi connectivity index (χ0n) is 9.30. The van der Waals surface area contributed by atoms with Gasteiger partial charge in [0.15, 0.2) is 0 Å². The number of nitrogens with one attached hydrogen (secondary N) is 1. The predicted octanol–water partition coefficient (Wildman–Crippen LogP) is 1.93. The van der Waals surface area contributed by atoms with E-state index in [1.807, 2.05) is 0 Å². The highest BCUT2D eigenvalue weighted by molar-refractivity contribution is 5.94. The van der Waals surface area contributed by atoms with Gasteiger partial charge in [0, 0.05) is 6.20 Å². The Labute approximate surface area is 102 Å². The number of benzene rings is 1. The molecule has 0 saturated heterocycles. The molecule has 0 spiro atoms. The summed E-state index contributed by atoms with van der Waals surface area (Å²) in [5.41, 5.74) is 0.497. The quantitative estimate of drug-likeness (QED) is 0.863. The van der Waals surface area contributed by atoms with Crippen LogP contribution in [0.4, 0.5) is 10.1 Å². The summed E-state index contributed by atoms with van der Waals surface area (Å²) in [6.45, 7) is 0.226. The number of rotatable bonds is 4. The van der Waals surface area contributed by atoms with E-state index < -0.39 is 11.8 Å². The van der Waals surface area contributed by atoms with Gasteiger partial charge in [0.05, 0.1) is 23.5 Å². The minimum atomic E-state index is -1.18. The van der Waals surface area contributed by atoms with E-state index in [9.17, 15) is 9.18 Å². The number of aromatic carboxylic acids is 1. The number of nitrogens with zero attached hydrogens (tertiary/aromatic N) is 2. The van der Waals surface area contributed by atoms with E-state index in [1.165, 1.54) is 24.5 Å². The minimum Gasteiger partial charge on any atom is -0.478 e. The smallest absolute Gasteiger partial charge is 0.337 e. The molecule has 18 heavy (non-hydrogen) atoms. The first kappa shape index (κ1) is 12.0. The number of carboxylic acid groups (broad SMARTS) is 1. The molecule has 0 aliphatic heterocycles. The second-order valence-corrected chi connectivity index (χ2v) is 3.52. The summed E-state index contributed by atoms with van der Waals surface area (Å²) < 4.78 is 13.6. The molecule has 0 unspecified atom stereocenters. The van der Waals surface area contributed by atoms with Gasteiger partial charge in [-0.15, -0.1) is 0 Å². The lowest BCUT2D eigenvalue weighted by molar-refractivity contribution is 0.0697. The van der Waals surface area contributed by atoms with Crippen molar-refractivity contribution < 1.29 is 14.3 Å². The number of hydrogen-bond donors (Lipinski definition) is 2. The second-order valence-electron chi connectivity index (χ2n) is 3.52. The Kier molecular flexibility index (Phi) is 3.47. The van der Waals surface area contributed by atoms with Gasteiger partial charge >= 0.3 is 5.97 Å². The van der Waals surface area contributed by atoms with Crippen molar-refractivity contribution in [1.82, 2.24) is 9.97 Å². The summed E-state index contributed by atoms with van der Waals surface area (Å²) in [5.74, 6) is -1.79. The Bertz CT molecular complexity index is 561. The standard InChI is InChI=1S/C12H10FN3O2/c13-10-3-1-2-9(12(17)18)11(10)15-6-8-4-5-14-7-16-8/h1-5,7,15H,6H2,(H,17,18). The summed E-state index contributed by atoms with van der Waals surface area (Å²) in [7, 11) is 0. The first-order chi connectivity index (χ1) is 8.68. The van der Waals surface area contributed by atoms with Crippen LogP contribution in [0.25, 0.3) is 0 Å². The normalized spacial score (nSPS) is 10.1. The molecule has 0 fully saturated rings. The number of carboxylic acids is 1. The lowest BCUT2D eigenvalue weighted by Gasteiger charge is -2.09. The van der Waals surface area contributed by atoms with Crippen LogP contribution in [-0.4, -0.2) is 21.0 Å². The maximum absolute atomic E-state index is 13.6. The lowest BCUT2D eigenvalue weighted by atomic mass is 10.1. The van der Waals surface area contributed by atoms with Crippen molar-refractivity contribution in [3.8, 4) is 0 Å². The van der Waals surface area contributed by atoms with Crippen molar-refractivity contribution in [2.24, 2.45) is 0 Å². The van der Waals surface area contributed by atoms with E-state index in [0.717, 1.165) is 0 Å². The largest absolute Gasteiger partial charge is 0.478 e. The highest BCUT2D eigenvalue weighted by atomic mass is 19.1. The van der Waals surface area contributed by atoms with Crippen LogP contribution in [0, 0.1) is 5.82 Å². The van der Waals surface area contributed by atoms with E-state index in [2.05, 4.69) is 15.3 Å². The van der Waals surface area contributed by atoms with Crippen molar-refractivity contribution in [2.45, 2.75) is 6.54 Å². The molecule has 0 radical (unpaired) electrons. The molecule has 2 aromatic rings. The molecule has 5 nitrogen and oxygen atoms in total. The van der Waals surface area contributed by atoms with Crippen LogP contribution in [0.2, 0.25) is 0 Å². The first-order valence-corrected chi connectivity index (χ1v) is 5.19. The van der Waals surface area contributed by atoms with Crippen molar-refractivity contribution in [1.29, 1.82) is 0 Å². The van der Waals surface area contributed by atoms with Crippen LogP contribution < -0.4 is 5.32 Å². The van der Waals surface area contributed by atoms with Crippen LogP contribution in [0.15, 0.2) is 36.8 Å². The fourth-order valence-corrected chi connectivity index (χ4v) is 1.48. The van der Waals surface area contributed by atoms with Gasteiger partial charge in [0.25, 0.3) is 0 Å². The molecule has 0 atom stereocenters. The molecule has 6 heteroatoms. The Hall–Kier alpha value is -2.50.